The van der Waals surface area contributed by atoms with E-state index in [1.165, 1.54) is 11.7 Å². The van der Waals surface area contributed by atoms with Crippen molar-refractivity contribution in [3.8, 4) is 23.7 Å². The molecule has 0 aliphatic rings. The van der Waals surface area contributed by atoms with E-state index in [2.05, 4.69) is 28.8 Å². The lowest BCUT2D eigenvalue weighted by Crippen LogP contribution is -2.23. The molecule has 0 N–H and O–H groups in total. The van der Waals surface area contributed by atoms with Gasteiger partial charge < -0.3 is 9.30 Å². The van der Waals surface area contributed by atoms with Gasteiger partial charge in [-0.3, -0.25) is 4.79 Å². The number of carbonyl (C=O) groups excluding carboxylic acids is 1. The van der Waals surface area contributed by atoms with Gasteiger partial charge in [0.1, 0.15) is 11.6 Å². The van der Waals surface area contributed by atoms with Crippen LogP contribution in [0.2, 0.25) is 0 Å². The van der Waals surface area contributed by atoms with Gasteiger partial charge in [-0.15, -0.1) is 0 Å². The van der Waals surface area contributed by atoms with Crippen LogP contribution in [0.3, 0.4) is 0 Å². The molecule has 3 heterocycles. The van der Waals surface area contributed by atoms with Gasteiger partial charge >= 0.3 is 5.97 Å². The second-order valence-corrected chi connectivity index (χ2v) is 7.61. The van der Waals surface area contributed by atoms with Crippen LogP contribution in [-0.4, -0.2) is 27.3 Å². The molecule has 0 saturated heterocycles. The second-order valence-electron chi connectivity index (χ2n) is 7.61. The summed E-state index contributed by atoms with van der Waals surface area (Å²) in [4.78, 5) is 24.9. The number of pyridine rings is 2. The molecule has 0 saturated carbocycles. The lowest BCUT2D eigenvalue weighted by atomic mass is 9.89. The van der Waals surface area contributed by atoms with Crippen LogP contribution in [0.15, 0.2) is 65.8 Å². The third kappa shape index (κ3) is 4.83. The molecule has 1 atom stereocenters. The Morgan fingerprint density at radius 2 is 1.94 bits per heavy atom. The first-order chi connectivity index (χ1) is 16.9. The van der Waals surface area contributed by atoms with Crippen molar-refractivity contribution in [2.24, 2.45) is 7.05 Å². The lowest BCUT2D eigenvalue weighted by Gasteiger charge is -2.16. The summed E-state index contributed by atoms with van der Waals surface area (Å²) in [5.74, 6) is 8.52. The number of hydrogen-bond acceptors (Lipinski definition) is 4. The summed E-state index contributed by atoms with van der Waals surface area (Å²) in [6.07, 6.45) is 4.80. The SMILES string of the molecule is COC(=O)c1ccn2nccc2c1C#CC#CCC(c1cc(F)ccc1F)c1cccn(C)c1=O. The van der Waals surface area contributed by atoms with Crippen LogP contribution in [0.5, 0.6) is 0 Å². The van der Waals surface area contributed by atoms with Gasteiger partial charge in [-0.1, -0.05) is 12.0 Å². The number of ether oxygens (including phenoxy) is 1. The second kappa shape index (κ2) is 10.1. The van der Waals surface area contributed by atoms with Crippen LogP contribution in [0.4, 0.5) is 8.78 Å². The van der Waals surface area contributed by atoms with Crippen molar-refractivity contribution in [1.29, 1.82) is 0 Å². The molecular weight excluding hydrogens is 452 g/mol. The highest BCUT2D eigenvalue weighted by atomic mass is 19.1. The number of nitrogens with zero attached hydrogens (tertiary/aromatic N) is 3. The van der Waals surface area contributed by atoms with E-state index < -0.39 is 23.5 Å². The van der Waals surface area contributed by atoms with E-state index in [9.17, 15) is 18.4 Å². The maximum Gasteiger partial charge on any atom is 0.339 e. The van der Waals surface area contributed by atoms with E-state index in [1.54, 1.807) is 54.4 Å². The minimum Gasteiger partial charge on any atom is -0.465 e. The van der Waals surface area contributed by atoms with E-state index in [1.807, 2.05) is 0 Å². The highest BCUT2D eigenvalue weighted by Gasteiger charge is 2.21. The average Bonchev–Trinajstić information content (AvgIpc) is 3.34. The van der Waals surface area contributed by atoms with E-state index in [0.717, 1.165) is 18.2 Å². The van der Waals surface area contributed by atoms with Crippen molar-refractivity contribution in [1.82, 2.24) is 14.2 Å². The average molecular weight is 471 g/mol. The number of aromatic nitrogens is 3. The maximum absolute atomic E-state index is 14.6. The predicted molar refractivity (Wildman–Crippen MR) is 126 cm³/mol. The van der Waals surface area contributed by atoms with Crippen LogP contribution in [0, 0.1) is 35.3 Å². The van der Waals surface area contributed by atoms with Crippen LogP contribution in [-0.2, 0) is 11.8 Å². The van der Waals surface area contributed by atoms with Crippen LogP contribution >= 0.6 is 0 Å². The van der Waals surface area contributed by atoms with Gasteiger partial charge in [-0.2, -0.15) is 5.10 Å². The van der Waals surface area contributed by atoms with E-state index >= 15 is 0 Å². The molecule has 6 nitrogen and oxygen atoms in total. The molecule has 4 rings (SSSR count). The van der Waals surface area contributed by atoms with E-state index in [-0.39, 0.29) is 23.1 Å². The van der Waals surface area contributed by atoms with Crippen LogP contribution in [0.25, 0.3) is 5.52 Å². The van der Waals surface area contributed by atoms with Gasteiger partial charge in [0.05, 0.1) is 30.0 Å². The summed E-state index contributed by atoms with van der Waals surface area (Å²) in [7, 11) is 2.86. The largest absolute Gasteiger partial charge is 0.465 e. The Bertz CT molecular complexity index is 1610. The molecule has 0 amide bonds. The Kier molecular flexibility index (Phi) is 6.75. The molecule has 174 valence electrons. The molecule has 35 heavy (non-hydrogen) atoms. The summed E-state index contributed by atoms with van der Waals surface area (Å²) in [6, 6.07) is 9.62. The zero-order chi connectivity index (χ0) is 24.9. The normalized spacial score (nSPS) is 11.2. The molecule has 0 aliphatic heterocycles. The number of halogens is 2. The maximum atomic E-state index is 14.6. The summed E-state index contributed by atoms with van der Waals surface area (Å²) in [5, 5.41) is 4.13. The minimum absolute atomic E-state index is 0.0229. The van der Waals surface area contributed by atoms with Crippen molar-refractivity contribution in [3.05, 3.63) is 105 Å². The number of rotatable bonds is 4. The van der Waals surface area contributed by atoms with E-state index in [0.29, 0.717) is 16.6 Å². The Morgan fingerprint density at radius 1 is 1.11 bits per heavy atom. The van der Waals surface area contributed by atoms with Gasteiger partial charge in [-0.05, 0) is 59.7 Å². The minimum atomic E-state index is -0.802. The van der Waals surface area contributed by atoms with Gasteiger partial charge in [0.2, 0.25) is 0 Å². The predicted octanol–water partition coefficient (Wildman–Crippen LogP) is 3.67. The summed E-state index contributed by atoms with van der Waals surface area (Å²) < 4.78 is 36.3. The first-order valence-corrected chi connectivity index (χ1v) is 10.5. The molecule has 1 unspecified atom stereocenters. The number of carbonyl (C=O) groups is 1. The van der Waals surface area contributed by atoms with Crippen molar-refractivity contribution < 1.29 is 18.3 Å². The highest BCUT2D eigenvalue weighted by molar-refractivity contribution is 5.95. The highest BCUT2D eigenvalue weighted by Crippen LogP contribution is 2.28. The number of hydrogen-bond donors (Lipinski definition) is 0. The summed E-state index contributed by atoms with van der Waals surface area (Å²) >= 11 is 0. The molecule has 8 heteroatoms. The van der Waals surface area contributed by atoms with E-state index in [4.69, 9.17) is 4.74 Å². The van der Waals surface area contributed by atoms with Crippen LogP contribution in [0.1, 0.15) is 39.4 Å². The van der Waals surface area contributed by atoms with Crippen LogP contribution < -0.4 is 5.56 Å². The fourth-order valence-electron chi connectivity index (χ4n) is 3.75. The van der Waals surface area contributed by atoms with Gasteiger partial charge in [0.25, 0.3) is 5.56 Å². The lowest BCUT2D eigenvalue weighted by molar-refractivity contribution is 0.0600. The smallest absolute Gasteiger partial charge is 0.339 e. The Balaban J connectivity index is 1.72. The fraction of sp³-hybridized carbons (Fsp3) is 0.148. The molecule has 0 bridgehead atoms. The van der Waals surface area contributed by atoms with Crippen molar-refractivity contribution in [3.63, 3.8) is 0 Å². The molecule has 1 aromatic carbocycles. The number of esters is 1. The number of fused-ring (bicyclic) bond motifs is 1. The third-order valence-corrected chi connectivity index (χ3v) is 5.49. The Labute approximate surface area is 199 Å². The molecule has 0 aliphatic carbocycles. The number of aryl methyl sites for hydroxylation is 1. The first kappa shape index (κ1) is 23.5. The quantitative estimate of drug-likeness (QED) is 0.337. The standard InChI is InChI=1S/C27H19F2N3O3/c1-31-15-6-9-21(26(31)33)19(23-17-18(28)10-11-24(23)29)7-4-3-5-8-20-22(27(34)35-2)13-16-32-25(20)12-14-30-32/h6,9-17,19H,7H2,1-2H3. The first-order valence-electron chi connectivity index (χ1n) is 10.5. The fourth-order valence-corrected chi connectivity index (χ4v) is 3.75. The Hall–Kier alpha value is -4.69. The van der Waals surface area contributed by atoms with Gasteiger partial charge in [0, 0.05) is 37.3 Å². The third-order valence-electron chi connectivity index (χ3n) is 5.49. The molecule has 3 aromatic heterocycles. The zero-order valence-electron chi connectivity index (χ0n) is 18.9. The Morgan fingerprint density at radius 3 is 2.74 bits per heavy atom. The summed E-state index contributed by atoms with van der Waals surface area (Å²) in [6.45, 7) is 0. The molecular formula is C27H19F2N3O3. The van der Waals surface area contributed by atoms with Gasteiger partial charge in [0.15, 0.2) is 0 Å². The molecule has 0 radical (unpaired) electrons. The monoisotopic (exact) mass is 471 g/mol. The topological polar surface area (TPSA) is 65.6 Å². The van der Waals surface area contributed by atoms with Crippen molar-refractivity contribution >= 4 is 11.5 Å². The number of methoxy groups -OCH3 is 1. The summed E-state index contributed by atoms with van der Waals surface area (Å²) in [5.41, 5.74) is 1.27. The molecule has 4 aromatic rings. The van der Waals surface area contributed by atoms with Crippen molar-refractivity contribution in [2.45, 2.75) is 12.3 Å². The molecule has 0 spiro atoms. The number of benzene rings is 1. The molecule has 0 fully saturated rings. The zero-order valence-corrected chi connectivity index (χ0v) is 18.9. The van der Waals surface area contributed by atoms with Crippen molar-refractivity contribution in [2.75, 3.05) is 7.11 Å². The van der Waals surface area contributed by atoms with Gasteiger partial charge in [-0.25, -0.2) is 18.1 Å².